The summed E-state index contributed by atoms with van der Waals surface area (Å²) in [5, 5.41) is 221. The molecule has 0 aromatic rings. The summed E-state index contributed by atoms with van der Waals surface area (Å²) in [6.45, 7) is -5.15. The second-order valence-corrected chi connectivity index (χ2v) is 20.2. The number of rotatable bonds is 21. The maximum Gasteiger partial charge on any atom is 0.187 e. The summed E-state index contributed by atoms with van der Waals surface area (Å²) < 4.78 is 57.4. The third-order valence-corrected chi connectivity index (χ3v) is 14.7. The van der Waals surface area contributed by atoms with Crippen molar-refractivity contribution in [3.63, 3.8) is 0 Å². The van der Waals surface area contributed by atoms with Gasteiger partial charge in [-0.25, -0.2) is 0 Å². The van der Waals surface area contributed by atoms with Crippen LogP contribution in [0.3, 0.4) is 0 Å². The largest absolute Gasteiger partial charge is 0.396 e. The van der Waals surface area contributed by atoms with Crippen molar-refractivity contribution in [2.24, 2.45) is 17.3 Å². The van der Waals surface area contributed by atoms with Gasteiger partial charge in [-0.1, -0.05) is 6.92 Å². The Morgan fingerprint density at radius 2 is 0.676 bits per heavy atom. The minimum absolute atomic E-state index is 0.172. The van der Waals surface area contributed by atoms with Crippen LogP contribution < -0.4 is 0 Å². The van der Waals surface area contributed by atoms with E-state index in [2.05, 4.69) is 0 Å². The van der Waals surface area contributed by atoms with Crippen LogP contribution in [0.4, 0.5) is 0 Å². The van der Waals surface area contributed by atoms with Gasteiger partial charge in [0.25, 0.3) is 0 Å². The lowest BCUT2D eigenvalue weighted by Gasteiger charge is -2.47. The van der Waals surface area contributed by atoms with Gasteiger partial charge in [-0.15, -0.1) is 0 Å². The van der Waals surface area contributed by atoms with E-state index in [4.69, 9.17) is 47.4 Å². The highest BCUT2D eigenvalue weighted by atomic mass is 16.8. The van der Waals surface area contributed by atoms with Gasteiger partial charge >= 0.3 is 0 Å². The SMILES string of the molecule is CC(CO[C@@H]1OC(CO)[C@H](O[C@@H]2OC(CO)[C@H](O)[C@H](O)C2O)[C@H](O)C1O)(CO[C@@H]1OC(CO)[C@H](O[C@@H]2OC(CO)[C@H](O)[C@H](O)C2O)[C@H](O)C1O)CO[C@@H]1CC(CO)[C@H](O[C@@H]2CC(CO)[C@H](O)[C@H](O)C2O)[C@H](O)C1O. The topological polar surface area (TPSA) is 517 Å². The van der Waals surface area contributed by atoms with Crippen molar-refractivity contribution in [1.29, 1.82) is 0 Å². The van der Waals surface area contributed by atoms with E-state index in [1.54, 1.807) is 0 Å². The summed E-state index contributed by atoms with van der Waals surface area (Å²) in [6.07, 6.45) is -48.9. The Hall–Kier alpha value is -1.24. The Bertz CT molecular complexity index is 1480. The van der Waals surface area contributed by atoms with E-state index in [9.17, 15) is 107 Å². The van der Waals surface area contributed by atoms with Crippen molar-refractivity contribution in [1.82, 2.24) is 0 Å². The van der Waals surface area contributed by atoms with E-state index in [0.717, 1.165) is 0 Å². The normalized spacial score (nSPS) is 50.4. The molecule has 0 aromatic carbocycles. The highest BCUT2D eigenvalue weighted by Gasteiger charge is 2.55. The van der Waals surface area contributed by atoms with Crippen LogP contribution in [0.15, 0.2) is 0 Å². The van der Waals surface area contributed by atoms with Crippen molar-refractivity contribution < 1.29 is 155 Å². The van der Waals surface area contributed by atoms with Crippen molar-refractivity contribution in [2.75, 3.05) is 59.5 Å². The minimum Gasteiger partial charge on any atom is -0.396 e. The van der Waals surface area contributed by atoms with Crippen LogP contribution in [0.5, 0.6) is 0 Å². The highest BCUT2D eigenvalue weighted by molar-refractivity contribution is 5.00. The van der Waals surface area contributed by atoms with Crippen molar-refractivity contribution >= 4 is 0 Å². The van der Waals surface area contributed by atoms with Crippen LogP contribution in [0.25, 0.3) is 0 Å². The Labute approximate surface area is 422 Å². The Morgan fingerprint density at radius 1 is 0.324 bits per heavy atom. The average molecular weight is 1090 g/mol. The van der Waals surface area contributed by atoms with Crippen molar-refractivity contribution in [3.8, 4) is 0 Å². The smallest absolute Gasteiger partial charge is 0.187 e. The number of hydrogen-bond donors (Lipinski definition) is 21. The molecule has 4 heterocycles. The first-order valence-corrected chi connectivity index (χ1v) is 24.3. The highest BCUT2D eigenvalue weighted by Crippen LogP contribution is 2.38. The molecule has 74 heavy (non-hydrogen) atoms. The molecule has 0 radical (unpaired) electrons. The Kier molecular flexibility index (Phi) is 22.5. The monoisotopic (exact) mass is 1090 g/mol. The second-order valence-electron chi connectivity index (χ2n) is 20.2. The molecule has 12 unspecified atom stereocenters. The van der Waals surface area contributed by atoms with E-state index >= 15 is 0 Å². The van der Waals surface area contributed by atoms with Crippen molar-refractivity contribution in [2.45, 2.75) is 191 Å². The third kappa shape index (κ3) is 13.3. The summed E-state index contributed by atoms with van der Waals surface area (Å²) in [5.74, 6) is -1.94. The number of aliphatic hydroxyl groups is 21. The van der Waals surface area contributed by atoms with Crippen LogP contribution in [0, 0.1) is 17.3 Å². The number of hydrogen-bond acceptors (Lipinski definition) is 31. The zero-order valence-electron chi connectivity index (χ0n) is 40.1. The standard InChI is InChI=1S/C43H76O31/c1-43(10-65-15-3-14(5-45)36(29(58)22(15)51)68-16-2-13(4-44)21(50)26(55)23(16)52,11-66-39-34(63)30(59)37(19(8-48)71-39)73-41-32(61)27(56)24(53)17(6-46)69-41)12-67-40-35(64)31(60)38(20(9-49)72-40)74-42-33(62)28(57)25(54)18(7-47)70-42/h13-42,44-64H,2-12H2,1H3/t13?,14?,15-,16-,17?,18?,19?,20?,21+,22?,23?,24+,25+,26+,27+,28+,29-,30-,31-,32?,33?,34?,35?,36+,37+,38+,39-,40-,41+,42+,43?/m1/s1. The van der Waals surface area contributed by atoms with Gasteiger partial charge in [0.05, 0.1) is 70.7 Å². The fourth-order valence-electron chi connectivity index (χ4n) is 9.99. The molecule has 0 bridgehead atoms. The van der Waals surface area contributed by atoms with Crippen molar-refractivity contribution in [3.05, 3.63) is 0 Å². The maximum atomic E-state index is 11.4. The maximum absolute atomic E-state index is 11.4. The van der Waals surface area contributed by atoms with Gasteiger partial charge in [0.15, 0.2) is 25.2 Å². The first-order valence-electron chi connectivity index (χ1n) is 24.3. The average Bonchev–Trinajstić information content (AvgIpc) is 3.39. The number of aliphatic hydroxyl groups excluding tert-OH is 21. The summed E-state index contributed by atoms with van der Waals surface area (Å²) in [7, 11) is 0. The summed E-state index contributed by atoms with van der Waals surface area (Å²) >= 11 is 0. The molecule has 6 rings (SSSR count). The molecule has 0 aromatic heterocycles. The second kappa shape index (κ2) is 26.8. The summed E-state index contributed by atoms with van der Waals surface area (Å²) in [5.41, 5.74) is -1.59. The van der Waals surface area contributed by atoms with Gasteiger partial charge in [0, 0.05) is 30.5 Å². The van der Waals surface area contributed by atoms with E-state index in [1.165, 1.54) is 6.92 Å². The minimum atomic E-state index is -2.03. The molecule has 6 fully saturated rings. The molecule has 30 atom stereocenters. The van der Waals surface area contributed by atoms with Crippen LogP contribution in [-0.2, 0) is 47.4 Å². The molecule has 0 amide bonds. The van der Waals surface area contributed by atoms with Crippen LogP contribution in [0.2, 0.25) is 0 Å². The predicted octanol–water partition coefficient (Wildman–Crippen LogP) is -12.8. The fraction of sp³-hybridized carbons (Fsp3) is 1.00. The zero-order chi connectivity index (χ0) is 54.7. The molecule has 2 saturated carbocycles. The lowest BCUT2D eigenvalue weighted by atomic mass is 9.78. The molecule has 2 aliphatic carbocycles. The molecule has 0 spiro atoms. The summed E-state index contributed by atoms with van der Waals surface area (Å²) in [6, 6.07) is 0. The third-order valence-electron chi connectivity index (χ3n) is 14.7. The first-order chi connectivity index (χ1) is 35.0. The lowest BCUT2D eigenvalue weighted by Crippen LogP contribution is -2.65. The number of ether oxygens (including phenoxy) is 10. The molecule has 31 nitrogen and oxygen atoms in total. The van der Waals surface area contributed by atoms with E-state index < -0.39 is 248 Å². The predicted molar refractivity (Wildman–Crippen MR) is 232 cm³/mol. The quantitative estimate of drug-likeness (QED) is 0.0507. The van der Waals surface area contributed by atoms with E-state index in [0.29, 0.717) is 0 Å². The van der Waals surface area contributed by atoms with Gasteiger partial charge in [-0.2, -0.15) is 0 Å². The lowest BCUT2D eigenvalue weighted by molar-refractivity contribution is -0.365. The fourth-order valence-corrected chi connectivity index (χ4v) is 9.99. The Balaban J connectivity index is 1.17. The molecule has 4 aliphatic heterocycles. The van der Waals surface area contributed by atoms with Gasteiger partial charge in [-0.3, -0.25) is 0 Å². The molecule has 21 N–H and O–H groups in total. The first kappa shape index (κ1) is 62.0. The molecule has 434 valence electrons. The van der Waals surface area contributed by atoms with Crippen LogP contribution >= 0.6 is 0 Å². The molecule has 31 heteroatoms. The zero-order valence-corrected chi connectivity index (χ0v) is 40.1. The van der Waals surface area contributed by atoms with Gasteiger partial charge in [-0.05, 0) is 12.8 Å². The van der Waals surface area contributed by atoms with Gasteiger partial charge < -0.3 is 155 Å². The van der Waals surface area contributed by atoms with Gasteiger partial charge in [0.1, 0.15) is 122 Å². The van der Waals surface area contributed by atoms with Crippen LogP contribution in [0.1, 0.15) is 19.8 Å². The van der Waals surface area contributed by atoms with E-state index in [1.807, 2.05) is 0 Å². The molecular weight excluding hydrogens is 1010 g/mol. The molecule has 4 saturated heterocycles. The van der Waals surface area contributed by atoms with Crippen LogP contribution in [-0.4, -0.2) is 338 Å². The molecule has 6 aliphatic rings. The van der Waals surface area contributed by atoms with E-state index in [-0.39, 0.29) is 12.8 Å². The summed E-state index contributed by atoms with van der Waals surface area (Å²) in [4.78, 5) is 0. The molecular formula is C43H76O31. The van der Waals surface area contributed by atoms with Gasteiger partial charge in [0.2, 0.25) is 0 Å². The Morgan fingerprint density at radius 3 is 1.09 bits per heavy atom.